The van der Waals surface area contributed by atoms with Crippen molar-refractivity contribution in [3.63, 3.8) is 0 Å². The van der Waals surface area contributed by atoms with Gasteiger partial charge in [0.25, 0.3) is 5.91 Å². The molecule has 0 aromatic carbocycles. The molecular weight excluding hydrogens is 236 g/mol. The van der Waals surface area contributed by atoms with Gasteiger partial charge in [-0.2, -0.15) is 0 Å². The van der Waals surface area contributed by atoms with Crippen molar-refractivity contribution in [2.24, 2.45) is 0 Å². The first-order valence-electron chi connectivity index (χ1n) is 5.99. The summed E-state index contributed by atoms with van der Waals surface area (Å²) in [7, 11) is 1.86. The van der Waals surface area contributed by atoms with E-state index in [4.69, 9.17) is 11.6 Å². The van der Waals surface area contributed by atoms with E-state index in [1.807, 2.05) is 18.9 Å². The first kappa shape index (κ1) is 12.4. The molecule has 0 atom stereocenters. The average molecular weight is 253 g/mol. The van der Waals surface area contributed by atoms with Crippen LogP contribution >= 0.6 is 11.6 Å². The van der Waals surface area contributed by atoms with Crippen LogP contribution in [0, 0.1) is 6.92 Å². The van der Waals surface area contributed by atoms with Gasteiger partial charge in [0.05, 0.1) is 10.6 Å². The molecule has 0 bridgehead atoms. The Morgan fingerprint density at radius 3 is 2.71 bits per heavy atom. The molecule has 4 heteroatoms. The summed E-state index contributed by atoms with van der Waals surface area (Å²) in [4.78, 5) is 18.2. The zero-order valence-electron chi connectivity index (χ0n) is 10.2. The first-order chi connectivity index (χ1) is 8.09. The number of hydrogen-bond acceptors (Lipinski definition) is 2. The minimum Gasteiger partial charge on any atom is -0.339 e. The van der Waals surface area contributed by atoms with Crippen molar-refractivity contribution in [3.8, 4) is 0 Å². The van der Waals surface area contributed by atoms with E-state index < -0.39 is 0 Å². The molecule has 0 spiro atoms. The van der Waals surface area contributed by atoms with Gasteiger partial charge in [0.15, 0.2) is 0 Å². The minimum absolute atomic E-state index is 0.0191. The predicted molar refractivity (Wildman–Crippen MR) is 68.3 cm³/mol. The number of rotatable bonds is 2. The van der Waals surface area contributed by atoms with E-state index in [0.717, 1.165) is 18.5 Å². The van der Waals surface area contributed by atoms with Crippen molar-refractivity contribution < 1.29 is 4.79 Å². The highest BCUT2D eigenvalue weighted by Crippen LogP contribution is 2.25. The monoisotopic (exact) mass is 252 g/mol. The molecular formula is C13H17ClN2O. The molecule has 1 aliphatic rings. The Morgan fingerprint density at radius 1 is 1.47 bits per heavy atom. The third-order valence-corrected chi connectivity index (χ3v) is 3.73. The Labute approximate surface area is 107 Å². The second kappa shape index (κ2) is 5.05. The number of amides is 1. The number of aromatic nitrogens is 1. The first-order valence-corrected chi connectivity index (χ1v) is 6.36. The molecule has 0 N–H and O–H groups in total. The Bertz CT molecular complexity index is 427. The highest BCUT2D eigenvalue weighted by molar-refractivity contribution is 6.33. The highest BCUT2D eigenvalue weighted by Gasteiger charge is 2.25. The fraction of sp³-hybridized carbons (Fsp3) is 0.538. The van der Waals surface area contributed by atoms with Crippen molar-refractivity contribution in [1.29, 1.82) is 0 Å². The number of halogens is 1. The fourth-order valence-corrected chi connectivity index (χ4v) is 2.62. The maximum atomic E-state index is 12.3. The summed E-state index contributed by atoms with van der Waals surface area (Å²) in [5.74, 6) is -0.0191. The largest absolute Gasteiger partial charge is 0.339 e. The number of carbonyl (C=O) groups is 1. The van der Waals surface area contributed by atoms with Gasteiger partial charge in [-0.25, -0.2) is 0 Å². The lowest BCUT2D eigenvalue weighted by molar-refractivity contribution is 0.0735. The molecule has 3 nitrogen and oxygen atoms in total. The molecule has 1 aromatic heterocycles. The van der Waals surface area contributed by atoms with Gasteiger partial charge in [0.1, 0.15) is 0 Å². The van der Waals surface area contributed by atoms with E-state index in [9.17, 15) is 4.79 Å². The molecule has 2 rings (SSSR count). The molecule has 1 fully saturated rings. The van der Waals surface area contributed by atoms with Crippen LogP contribution < -0.4 is 0 Å². The number of nitrogens with zero attached hydrogens (tertiary/aromatic N) is 2. The van der Waals surface area contributed by atoms with Crippen molar-refractivity contribution in [3.05, 3.63) is 28.5 Å². The SMILES string of the molecule is Cc1cc(Cl)c(C(=O)N(C)C2CCCC2)cn1. The Hall–Kier alpha value is -1.09. The van der Waals surface area contributed by atoms with Crippen LogP contribution in [-0.2, 0) is 0 Å². The molecule has 1 saturated carbocycles. The molecule has 0 aliphatic heterocycles. The third kappa shape index (κ3) is 2.60. The molecule has 1 heterocycles. The minimum atomic E-state index is -0.0191. The second-order valence-corrected chi connectivity index (χ2v) is 5.07. The lowest BCUT2D eigenvalue weighted by Gasteiger charge is -2.24. The molecule has 0 saturated heterocycles. The maximum absolute atomic E-state index is 12.3. The van der Waals surface area contributed by atoms with Crippen LogP contribution in [0.1, 0.15) is 41.7 Å². The molecule has 1 aromatic rings. The zero-order chi connectivity index (χ0) is 12.4. The number of pyridine rings is 1. The van der Waals surface area contributed by atoms with Crippen molar-refractivity contribution in [2.45, 2.75) is 38.6 Å². The Kier molecular flexibility index (Phi) is 3.67. The fourth-order valence-electron chi connectivity index (χ4n) is 2.33. The van der Waals surface area contributed by atoms with Crippen LogP contribution in [0.2, 0.25) is 5.02 Å². The number of aryl methyl sites for hydroxylation is 1. The van der Waals surface area contributed by atoms with Gasteiger partial charge in [0, 0.05) is 25.0 Å². The summed E-state index contributed by atoms with van der Waals surface area (Å²) in [6.07, 6.45) is 6.19. The van der Waals surface area contributed by atoms with E-state index in [1.54, 1.807) is 12.3 Å². The summed E-state index contributed by atoms with van der Waals surface area (Å²) in [5, 5.41) is 0.493. The lowest BCUT2D eigenvalue weighted by atomic mass is 10.1. The maximum Gasteiger partial charge on any atom is 0.256 e. The molecule has 1 aliphatic carbocycles. The Morgan fingerprint density at radius 2 is 2.12 bits per heavy atom. The molecule has 0 unspecified atom stereocenters. The molecule has 1 amide bonds. The van der Waals surface area contributed by atoms with Gasteiger partial charge in [-0.1, -0.05) is 24.4 Å². The van der Waals surface area contributed by atoms with Crippen LogP contribution in [0.25, 0.3) is 0 Å². The number of carbonyl (C=O) groups excluding carboxylic acids is 1. The lowest BCUT2D eigenvalue weighted by Crippen LogP contribution is -2.35. The van der Waals surface area contributed by atoms with Gasteiger partial charge in [-0.3, -0.25) is 9.78 Å². The summed E-state index contributed by atoms with van der Waals surface area (Å²) < 4.78 is 0. The summed E-state index contributed by atoms with van der Waals surface area (Å²) in [6.45, 7) is 1.86. The highest BCUT2D eigenvalue weighted by atomic mass is 35.5. The zero-order valence-corrected chi connectivity index (χ0v) is 11.0. The van der Waals surface area contributed by atoms with Crippen LogP contribution in [0.3, 0.4) is 0 Å². The smallest absolute Gasteiger partial charge is 0.256 e. The van der Waals surface area contributed by atoms with Gasteiger partial charge in [-0.15, -0.1) is 0 Å². The van der Waals surface area contributed by atoms with E-state index in [2.05, 4.69) is 4.98 Å². The molecule has 0 radical (unpaired) electrons. The normalized spacial score (nSPS) is 16.2. The predicted octanol–water partition coefficient (Wildman–Crippen LogP) is 3.06. The van der Waals surface area contributed by atoms with E-state index in [1.165, 1.54) is 12.8 Å². The van der Waals surface area contributed by atoms with Crippen molar-refractivity contribution in [2.75, 3.05) is 7.05 Å². The standard InChI is InChI=1S/C13H17ClN2O/c1-9-7-12(14)11(8-15-9)13(17)16(2)10-5-3-4-6-10/h7-8,10H,3-6H2,1-2H3. The van der Waals surface area contributed by atoms with Crippen LogP contribution in [0.15, 0.2) is 12.3 Å². The van der Waals surface area contributed by atoms with Gasteiger partial charge in [0.2, 0.25) is 0 Å². The number of hydrogen-bond donors (Lipinski definition) is 0. The van der Waals surface area contributed by atoms with Crippen LogP contribution in [0.4, 0.5) is 0 Å². The van der Waals surface area contributed by atoms with Gasteiger partial charge in [-0.05, 0) is 25.8 Å². The summed E-state index contributed by atoms with van der Waals surface area (Å²) >= 11 is 6.09. The molecule has 17 heavy (non-hydrogen) atoms. The van der Waals surface area contributed by atoms with E-state index in [-0.39, 0.29) is 5.91 Å². The third-order valence-electron chi connectivity index (χ3n) is 3.41. The van der Waals surface area contributed by atoms with Crippen LogP contribution in [0.5, 0.6) is 0 Å². The van der Waals surface area contributed by atoms with E-state index in [0.29, 0.717) is 16.6 Å². The topological polar surface area (TPSA) is 33.2 Å². The second-order valence-electron chi connectivity index (χ2n) is 4.66. The van der Waals surface area contributed by atoms with Gasteiger partial charge >= 0.3 is 0 Å². The Balaban J connectivity index is 2.18. The average Bonchev–Trinajstić information content (AvgIpc) is 2.80. The van der Waals surface area contributed by atoms with E-state index >= 15 is 0 Å². The van der Waals surface area contributed by atoms with Crippen molar-refractivity contribution in [1.82, 2.24) is 9.88 Å². The summed E-state index contributed by atoms with van der Waals surface area (Å²) in [6, 6.07) is 2.09. The van der Waals surface area contributed by atoms with Gasteiger partial charge < -0.3 is 4.90 Å². The molecule has 92 valence electrons. The quantitative estimate of drug-likeness (QED) is 0.811. The van der Waals surface area contributed by atoms with Crippen molar-refractivity contribution >= 4 is 17.5 Å². The summed E-state index contributed by atoms with van der Waals surface area (Å²) in [5.41, 5.74) is 1.33. The van der Waals surface area contributed by atoms with Crippen LogP contribution in [-0.4, -0.2) is 28.9 Å².